The van der Waals surface area contributed by atoms with Gasteiger partial charge in [-0.2, -0.15) is 5.26 Å². The average molecular weight is 763 g/mol. The van der Waals surface area contributed by atoms with Crippen molar-refractivity contribution in [3.63, 3.8) is 0 Å². The Morgan fingerprint density at radius 2 is 0.833 bits per heavy atom. The zero-order chi connectivity index (χ0) is 40.0. The van der Waals surface area contributed by atoms with Crippen LogP contribution in [0.15, 0.2) is 206 Å². The van der Waals surface area contributed by atoms with E-state index in [4.69, 9.17) is 15.0 Å². The fourth-order valence-corrected chi connectivity index (χ4v) is 8.58. The Hall–Kier alpha value is -8.26. The highest BCUT2D eigenvalue weighted by atomic mass is 15.0. The molecule has 0 radical (unpaired) electrons. The Labute approximate surface area is 347 Å². The summed E-state index contributed by atoms with van der Waals surface area (Å²) in [4.78, 5) is 15.4. The molecule has 60 heavy (non-hydrogen) atoms. The summed E-state index contributed by atoms with van der Waals surface area (Å²) in [5.41, 5.74) is 9.30. The van der Waals surface area contributed by atoms with E-state index in [1.807, 2.05) is 60.7 Å². The van der Waals surface area contributed by atoms with Gasteiger partial charge in [0.2, 0.25) is 0 Å². The number of nitrogens with zero attached hydrogens (tertiary/aromatic N) is 4. The van der Waals surface area contributed by atoms with Crippen molar-refractivity contribution in [2.24, 2.45) is 0 Å². The molecule has 1 aromatic heterocycles. The first kappa shape index (κ1) is 34.9. The fraction of sp³-hybridized carbons (Fsp3) is 0. The minimum absolute atomic E-state index is 0.536. The number of aromatic nitrogens is 3. The van der Waals surface area contributed by atoms with Crippen molar-refractivity contribution < 1.29 is 0 Å². The highest BCUT2D eigenvalue weighted by Crippen LogP contribution is 2.39. The van der Waals surface area contributed by atoms with Gasteiger partial charge in [-0.25, -0.2) is 15.0 Å². The van der Waals surface area contributed by atoms with Crippen LogP contribution in [0.3, 0.4) is 0 Å². The molecule has 11 rings (SSSR count). The molecule has 0 aliphatic heterocycles. The molecule has 11 aromatic rings. The van der Waals surface area contributed by atoms with Gasteiger partial charge in [0.1, 0.15) is 0 Å². The van der Waals surface area contributed by atoms with E-state index in [0.29, 0.717) is 23.0 Å². The van der Waals surface area contributed by atoms with Gasteiger partial charge >= 0.3 is 0 Å². The molecule has 0 aliphatic carbocycles. The molecule has 0 saturated carbocycles. The normalized spacial score (nSPS) is 11.3. The van der Waals surface area contributed by atoms with Crippen LogP contribution in [0.5, 0.6) is 0 Å². The Bertz CT molecular complexity index is 3490. The topological polar surface area (TPSA) is 62.5 Å². The Kier molecular flexibility index (Phi) is 8.50. The predicted molar refractivity (Wildman–Crippen MR) is 247 cm³/mol. The molecule has 0 bridgehead atoms. The lowest BCUT2D eigenvalue weighted by molar-refractivity contribution is 1.07. The molecule has 0 fully saturated rings. The van der Waals surface area contributed by atoms with Crippen LogP contribution < -0.4 is 0 Å². The molecule has 1 heterocycles. The smallest absolute Gasteiger partial charge is 0.164 e. The number of benzene rings is 10. The quantitative estimate of drug-likeness (QED) is 0.158. The SMILES string of the molecule is N#Cc1ccc(-c2ccc(-c3cccc4ccc5ccccc5c34)cc2)cc1-c1ccccc1-c1nc(-c2ccccc2)nc(-c2ccc3ccc4ccccc4c3c2)n1. The summed E-state index contributed by atoms with van der Waals surface area (Å²) in [5.74, 6) is 1.70. The maximum absolute atomic E-state index is 10.5. The minimum Gasteiger partial charge on any atom is -0.208 e. The molecular formula is C56H34N4. The molecule has 0 N–H and O–H groups in total. The zero-order valence-electron chi connectivity index (χ0n) is 32.4. The molecule has 0 saturated heterocycles. The molecule has 0 aliphatic rings. The third-order valence-corrected chi connectivity index (χ3v) is 11.6. The van der Waals surface area contributed by atoms with Crippen LogP contribution in [0.25, 0.3) is 111 Å². The number of hydrogen-bond acceptors (Lipinski definition) is 4. The van der Waals surface area contributed by atoms with Crippen LogP contribution in [-0.2, 0) is 0 Å². The van der Waals surface area contributed by atoms with Gasteiger partial charge in [0.25, 0.3) is 0 Å². The van der Waals surface area contributed by atoms with Crippen LogP contribution in [0.4, 0.5) is 0 Å². The van der Waals surface area contributed by atoms with Gasteiger partial charge in [-0.1, -0.05) is 188 Å². The second-order valence-corrected chi connectivity index (χ2v) is 15.1. The Morgan fingerprint density at radius 3 is 1.62 bits per heavy atom. The van der Waals surface area contributed by atoms with Crippen molar-refractivity contribution in [1.82, 2.24) is 15.0 Å². The minimum atomic E-state index is 0.536. The van der Waals surface area contributed by atoms with Crippen LogP contribution >= 0.6 is 0 Å². The van der Waals surface area contributed by atoms with Crippen LogP contribution in [-0.4, -0.2) is 15.0 Å². The van der Waals surface area contributed by atoms with E-state index in [0.717, 1.165) is 55.3 Å². The van der Waals surface area contributed by atoms with Gasteiger partial charge < -0.3 is 0 Å². The predicted octanol–water partition coefficient (Wildman–Crippen LogP) is 14.4. The number of hydrogen-bond donors (Lipinski definition) is 0. The highest BCUT2D eigenvalue weighted by Gasteiger charge is 2.19. The second-order valence-electron chi connectivity index (χ2n) is 15.1. The van der Waals surface area contributed by atoms with Crippen LogP contribution in [0, 0.1) is 11.3 Å². The third-order valence-electron chi connectivity index (χ3n) is 11.6. The van der Waals surface area contributed by atoms with E-state index in [9.17, 15) is 5.26 Å². The summed E-state index contributed by atoms with van der Waals surface area (Å²) in [5, 5.41) is 20.1. The maximum Gasteiger partial charge on any atom is 0.164 e. The van der Waals surface area contributed by atoms with Gasteiger partial charge in [-0.3, -0.25) is 0 Å². The molecule has 0 unspecified atom stereocenters. The van der Waals surface area contributed by atoms with E-state index in [1.54, 1.807) is 0 Å². The van der Waals surface area contributed by atoms with Crippen molar-refractivity contribution >= 4 is 43.1 Å². The lowest BCUT2D eigenvalue weighted by Crippen LogP contribution is -2.01. The summed E-state index contributed by atoms with van der Waals surface area (Å²) in [6, 6.07) is 74.1. The second kappa shape index (κ2) is 14.6. The van der Waals surface area contributed by atoms with Crippen molar-refractivity contribution in [2.45, 2.75) is 0 Å². The van der Waals surface area contributed by atoms with Crippen molar-refractivity contribution in [1.29, 1.82) is 5.26 Å². The first-order chi connectivity index (χ1) is 29.7. The Morgan fingerprint density at radius 1 is 0.300 bits per heavy atom. The molecule has 278 valence electrons. The molecule has 0 amide bonds. The molecule has 4 heteroatoms. The summed E-state index contributed by atoms with van der Waals surface area (Å²) < 4.78 is 0. The summed E-state index contributed by atoms with van der Waals surface area (Å²) in [7, 11) is 0. The van der Waals surface area contributed by atoms with Gasteiger partial charge in [0.05, 0.1) is 11.6 Å². The molecular weight excluding hydrogens is 729 g/mol. The largest absolute Gasteiger partial charge is 0.208 e. The Balaban J connectivity index is 1.03. The summed E-state index contributed by atoms with van der Waals surface area (Å²) >= 11 is 0. The van der Waals surface area contributed by atoms with Gasteiger partial charge in [0.15, 0.2) is 17.5 Å². The highest BCUT2D eigenvalue weighted by molar-refractivity contribution is 6.14. The molecule has 0 spiro atoms. The van der Waals surface area contributed by atoms with Gasteiger partial charge in [-0.15, -0.1) is 0 Å². The third kappa shape index (κ3) is 6.14. The van der Waals surface area contributed by atoms with E-state index >= 15 is 0 Å². The fourth-order valence-electron chi connectivity index (χ4n) is 8.58. The standard InChI is InChI=1S/C56H34N4/c57-35-45-32-30-43(36-21-23-39(24-22-36)48-20-10-15-41-29-27-38-12-5-7-17-47(38)53(41)48)33-52(45)49-18-8-9-19-50(49)56-59-54(42-13-2-1-3-14-42)58-55(60-56)44-31-28-40-26-25-37-11-4-6-16-46(37)51(40)34-44/h1-34H. The monoisotopic (exact) mass is 762 g/mol. The summed E-state index contributed by atoms with van der Waals surface area (Å²) in [6.07, 6.45) is 0. The van der Waals surface area contributed by atoms with E-state index < -0.39 is 0 Å². The average Bonchev–Trinajstić information content (AvgIpc) is 3.33. The molecule has 4 nitrogen and oxygen atoms in total. The van der Waals surface area contributed by atoms with E-state index in [1.165, 1.54) is 37.9 Å². The van der Waals surface area contributed by atoms with Crippen LogP contribution in [0.1, 0.15) is 5.56 Å². The van der Waals surface area contributed by atoms with Crippen LogP contribution in [0.2, 0.25) is 0 Å². The van der Waals surface area contributed by atoms with E-state index in [2.05, 4.69) is 152 Å². The number of nitriles is 1. The summed E-state index contributed by atoms with van der Waals surface area (Å²) in [6.45, 7) is 0. The van der Waals surface area contributed by atoms with Crippen molar-refractivity contribution in [3.05, 3.63) is 212 Å². The maximum atomic E-state index is 10.5. The van der Waals surface area contributed by atoms with Gasteiger partial charge in [-0.05, 0) is 89.1 Å². The lowest BCUT2D eigenvalue weighted by Gasteiger charge is -2.15. The zero-order valence-corrected chi connectivity index (χ0v) is 32.4. The van der Waals surface area contributed by atoms with Gasteiger partial charge in [0, 0.05) is 22.3 Å². The molecule has 10 aromatic carbocycles. The number of rotatable bonds is 6. The van der Waals surface area contributed by atoms with Crippen molar-refractivity contribution in [2.75, 3.05) is 0 Å². The first-order valence-electron chi connectivity index (χ1n) is 20.1. The van der Waals surface area contributed by atoms with Crippen molar-refractivity contribution in [3.8, 4) is 73.6 Å². The lowest BCUT2D eigenvalue weighted by atomic mass is 9.90. The first-order valence-corrected chi connectivity index (χ1v) is 20.1. The van der Waals surface area contributed by atoms with E-state index in [-0.39, 0.29) is 0 Å². The number of fused-ring (bicyclic) bond motifs is 6. The molecule has 0 atom stereocenters.